The summed E-state index contributed by atoms with van der Waals surface area (Å²) in [7, 11) is -0.475. The first-order chi connectivity index (χ1) is 26.0. The van der Waals surface area contributed by atoms with Crippen molar-refractivity contribution in [3.05, 3.63) is 60.0 Å². The Bertz CT molecular complexity index is 2260. The molecule has 1 saturated heterocycles. The fourth-order valence-electron chi connectivity index (χ4n) is 8.63. The topological polar surface area (TPSA) is 119 Å². The number of ether oxygens (including phenoxy) is 3. The quantitative estimate of drug-likeness (QED) is 0.144. The molecule has 292 valence electrons. The summed E-state index contributed by atoms with van der Waals surface area (Å²) in [6.07, 6.45) is 7.25. The van der Waals surface area contributed by atoms with Gasteiger partial charge in [-0.15, -0.1) is 5.10 Å². The highest BCUT2D eigenvalue weighted by molar-refractivity contribution is 6.52. The fraction of sp³-hybridized carbons (Fsp3) is 0.537. The summed E-state index contributed by atoms with van der Waals surface area (Å²) in [6, 6.07) is 12.3. The van der Waals surface area contributed by atoms with E-state index in [0.29, 0.717) is 43.6 Å². The molecule has 3 saturated carbocycles. The number of carbonyl (C=O) groups excluding carboxylic acids is 2. The van der Waals surface area contributed by atoms with Gasteiger partial charge in [0.25, 0.3) is 0 Å². The molecule has 3 aromatic heterocycles. The largest absolute Gasteiger partial charge is 0.444 e. The number of hydrogen-bond donors (Lipinski definition) is 0. The van der Waals surface area contributed by atoms with Crippen molar-refractivity contribution in [3.63, 3.8) is 0 Å². The third-order valence-electron chi connectivity index (χ3n) is 10.9. The number of halogens is 1. The predicted molar refractivity (Wildman–Crippen MR) is 211 cm³/mol. The number of amides is 1. The Balaban J connectivity index is 1.10. The second kappa shape index (κ2) is 13.6. The van der Waals surface area contributed by atoms with Gasteiger partial charge in [-0.3, -0.25) is 0 Å². The second-order valence-corrected chi connectivity index (χ2v) is 19.5. The Hall–Kier alpha value is -4.56. The minimum atomic E-state index is -1.10. The van der Waals surface area contributed by atoms with Crippen LogP contribution in [0.3, 0.4) is 0 Å². The number of rotatable bonds is 9. The SMILES string of the molecule is C[SiH2]c1cc(-c2cn(Cc3ccc4cc(CN(CC56CC(F)(C5)C6)C(=O)OC(C)(C)C)n(C(=O)OC(C)(C)C)c4c3)nn2)c2cnn(C3CCCCO3)c2c1. The Kier molecular flexibility index (Phi) is 9.22. The Morgan fingerprint density at radius 3 is 2.45 bits per heavy atom. The molecule has 2 aromatic carbocycles. The normalized spacial score (nSPS) is 22.6. The molecule has 9 rings (SSSR count). The monoisotopic (exact) mass is 769 g/mol. The number of carbonyl (C=O) groups is 2. The summed E-state index contributed by atoms with van der Waals surface area (Å²) in [5.74, 6) is 0. The molecule has 4 fully saturated rings. The molecule has 2 bridgehead atoms. The van der Waals surface area contributed by atoms with Crippen LogP contribution in [0.2, 0.25) is 6.55 Å². The molecule has 1 aliphatic heterocycles. The van der Waals surface area contributed by atoms with Crippen LogP contribution in [-0.4, -0.2) is 86.0 Å². The Morgan fingerprint density at radius 1 is 1.02 bits per heavy atom. The van der Waals surface area contributed by atoms with Crippen LogP contribution in [0.1, 0.15) is 97.6 Å². The zero-order valence-corrected chi connectivity index (χ0v) is 34.4. The number of alkyl halides is 1. The molecule has 3 aliphatic carbocycles. The molecule has 5 aromatic rings. The van der Waals surface area contributed by atoms with Crippen molar-refractivity contribution in [1.82, 2.24) is 34.2 Å². The molecule has 0 N–H and O–H groups in total. The van der Waals surface area contributed by atoms with Gasteiger partial charge in [-0.05, 0) is 109 Å². The van der Waals surface area contributed by atoms with E-state index in [9.17, 15) is 14.0 Å². The standard InChI is InChI=1S/C41H52FN7O5Si/c1-38(2,3)53-36(50)46(25-40-22-41(42,23-40)24-40)20-28-15-27-12-11-26(14-33(27)48(28)37(51)54-39(4,5)6)19-47-21-32(44-45-47)30-16-29(55-7)17-34-31(30)18-43-49(34)35-10-8-9-13-52-35/h11-12,14-18,21,35H,8-10,13,19-20,22-25,55H2,1-7H3. The van der Waals surface area contributed by atoms with Crippen molar-refractivity contribution in [2.45, 2.75) is 123 Å². The van der Waals surface area contributed by atoms with Crippen molar-refractivity contribution >= 4 is 48.7 Å². The van der Waals surface area contributed by atoms with E-state index < -0.39 is 38.6 Å². The minimum absolute atomic E-state index is 0.0594. The van der Waals surface area contributed by atoms with Gasteiger partial charge in [-0.25, -0.2) is 27.9 Å². The zero-order chi connectivity index (χ0) is 38.9. The molecule has 4 aliphatic rings. The van der Waals surface area contributed by atoms with Crippen LogP contribution in [0, 0.1) is 5.41 Å². The number of fused-ring (bicyclic) bond motifs is 2. The van der Waals surface area contributed by atoms with E-state index in [4.69, 9.17) is 19.3 Å². The van der Waals surface area contributed by atoms with E-state index in [-0.39, 0.29) is 18.2 Å². The molecular weight excluding hydrogens is 718 g/mol. The van der Waals surface area contributed by atoms with Gasteiger partial charge in [-0.2, -0.15) is 5.10 Å². The lowest BCUT2D eigenvalue weighted by molar-refractivity contribution is -0.220. The first kappa shape index (κ1) is 37.4. The predicted octanol–water partition coefficient (Wildman–Crippen LogP) is 7.25. The number of benzene rings is 2. The molecule has 1 amide bonds. The van der Waals surface area contributed by atoms with Crippen molar-refractivity contribution in [3.8, 4) is 11.3 Å². The van der Waals surface area contributed by atoms with Crippen molar-refractivity contribution in [2.75, 3.05) is 13.2 Å². The van der Waals surface area contributed by atoms with Gasteiger partial charge in [0, 0.05) is 35.2 Å². The first-order valence-electron chi connectivity index (χ1n) is 19.6. The van der Waals surface area contributed by atoms with Gasteiger partial charge in [0.1, 0.15) is 22.6 Å². The van der Waals surface area contributed by atoms with Crippen LogP contribution in [0.4, 0.5) is 14.0 Å². The molecule has 1 atom stereocenters. The van der Waals surface area contributed by atoms with Gasteiger partial charge in [0.15, 0.2) is 6.23 Å². The average Bonchev–Trinajstić information content (AvgIpc) is 3.82. The summed E-state index contributed by atoms with van der Waals surface area (Å²) in [5.41, 5.74) is 2.14. The van der Waals surface area contributed by atoms with Gasteiger partial charge < -0.3 is 19.1 Å². The second-order valence-electron chi connectivity index (χ2n) is 18.0. The summed E-state index contributed by atoms with van der Waals surface area (Å²) in [4.78, 5) is 29.2. The molecule has 0 radical (unpaired) electrons. The Morgan fingerprint density at radius 2 is 1.78 bits per heavy atom. The maximum absolute atomic E-state index is 14.6. The first-order valence-corrected chi connectivity index (χ1v) is 21.7. The van der Waals surface area contributed by atoms with E-state index >= 15 is 0 Å². The van der Waals surface area contributed by atoms with Crippen LogP contribution in [-0.2, 0) is 27.3 Å². The van der Waals surface area contributed by atoms with Crippen LogP contribution in [0.15, 0.2) is 48.8 Å². The summed E-state index contributed by atoms with van der Waals surface area (Å²) in [5, 5.41) is 17.1. The van der Waals surface area contributed by atoms with Crippen LogP contribution >= 0.6 is 0 Å². The van der Waals surface area contributed by atoms with Gasteiger partial charge in [-0.1, -0.05) is 35.1 Å². The Labute approximate surface area is 323 Å². The van der Waals surface area contributed by atoms with E-state index in [0.717, 1.165) is 59.0 Å². The summed E-state index contributed by atoms with van der Waals surface area (Å²) in [6.45, 7) is 14.8. The maximum atomic E-state index is 14.6. The lowest BCUT2D eigenvalue weighted by atomic mass is 9.42. The van der Waals surface area contributed by atoms with Crippen molar-refractivity contribution in [1.29, 1.82) is 0 Å². The van der Waals surface area contributed by atoms with E-state index in [1.807, 2.05) is 82.9 Å². The highest BCUT2D eigenvalue weighted by Crippen LogP contribution is 2.69. The lowest BCUT2D eigenvalue weighted by Gasteiger charge is -2.66. The van der Waals surface area contributed by atoms with E-state index in [2.05, 4.69) is 29.0 Å². The number of hydrogen-bond acceptors (Lipinski definition) is 8. The molecule has 4 heterocycles. The third-order valence-corrected chi connectivity index (χ3v) is 12.1. The van der Waals surface area contributed by atoms with Crippen molar-refractivity contribution in [2.24, 2.45) is 5.41 Å². The number of aromatic nitrogens is 6. The van der Waals surface area contributed by atoms with Crippen molar-refractivity contribution < 1.29 is 28.2 Å². The molecule has 14 heteroatoms. The summed E-state index contributed by atoms with van der Waals surface area (Å²) < 4.78 is 37.8. The maximum Gasteiger partial charge on any atom is 0.419 e. The molecule has 0 spiro atoms. The lowest BCUT2D eigenvalue weighted by Crippen LogP contribution is -2.68. The van der Waals surface area contributed by atoms with Crippen LogP contribution in [0.25, 0.3) is 33.1 Å². The van der Waals surface area contributed by atoms with Gasteiger partial charge >= 0.3 is 12.2 Å². The minimum Gasteiger partial charge on any atom is -0.444 e. The van der Waals surface area contributed by atoms with E-state index in [1.54, 1.807) is 14.1 Å². The fourth-order valence-corrected chi connectivity index (χ4v) is 9.44. The number of nitrogens with zero attached hydrogens (tertiary/aromatic N) is 7. The average molecular weight is 770 g/mol. The highest BCUT2D eigenvalue weighted by atomic mass is 28.2. The van der Waals surface area contributed by atoms with E-state index in [1.165, 1.54) is 5.19 Å². The van der Waals surface area contributed by atoms with Gasteiger partial charge in [0.05, 0.1) is 46.0 Å². The molecule has 12 nitrogen and oxygen atoms in total. The molecular formula is C41H52FN7O5Si. The van der Waals surface area contributed by atoms with Crippen LogP contribution < -0.4 is 5.19 Å². The molecule has 55 heavy (non-hydrogen) atoms. The summed E-state index contributed by atoms with van der Waals surface area (Å²) >= 11 is 0. The molecule has 1 unspecified atom stereocenters. The van der Waals surface area contributed by atoms with Gasteiger partial charge in [0.2, 0.25) is 0 Å². The van der Waals surface area contributed by atoms with Crippen LogP contribution in [0.5, 0.6) is 0 Å². The smallest absolute Gasteiger partial charge is 0.419 e. The zero-order valence-electron chi connectivity index (χ0n) is 33.0. The highest BCUT2D eigenvalue weighted by Gasteiger charge is 2.69. The third kappa shape index (κ3) is 7.54.